The number of benzene rings is 1. The highest BCUT2D eigenvalue weighted by Crippen LogP contribution is 2.25. The van der Waals surface area contributed by atoms with Crippen molar-refractivity contribution in [2.24, 2.45) is 5.73 Å². The summed E-state index contributed by atoms with van der Waals surface area (Å²) in [4.78, 5) is -0.861. The van der Waals surface area contributed by atoms with Gasteiger partial charge in [-0.2, -0.15) is 4.31 Å². The lowest BCUT2D eigenvalue weighted by Gasteiger charge is -2.29. The molecule has 20 heavy (non-hydrogen) atoms. The molecule has 114 valence electrons. The Balaban J connectivity index is 0.00000200. The Morgan fingerprint density at radius 1 is 1.20 bits per heavy atom. The van der Waals surface area contributed by atoms with Gasteiger partial charge in [0.2, 0.25) is 10.0 Å². The summed E-state index contributed by atoms with van der Waals surface area (Å²) in [6.45, 7) is 0.231. The first kappa shape index (κ1) is 17.2. The number of sulfonamides is 1. The third-order valence-corrected chi connectivity index (χ3v) is 4.92. The van der Waals surface area contributed by atoms with E-state index in [0.29, 0.717) is 18.9 Å². The van der Waals surface area contributed by atoms with Crippen molar-refractivity contribution in [2.75, 3.05) is 13.1 Å². The van der Waals surface area contributed by atoms with Crippen molar-refractivity contribution in [1.29, 1.82) is 0 Å². The summed E-state index contributed by atoms with van der Waals surface area (Å²) in [5.41, 5.74) is 5.66. The van der Waals surface area contributed by atoms with Crippen LogP contribution < -0.4 is 5.73 Å². The summed E-state index contributed by atoms with van der Waals surface area (Å²) >= 11 is 0. The van der Waals surface area contributed by atoms with E-state index in [1.54, 1.807) is 0 Å². The van der Waals surface area contributed by atoms with Crippen molar-refractivity contribution in [3.05, 3.63) is 29.6 Å². The van der Waals surface area contributed by atoms with Gasteiger partial charge in [0, 0.05) is 19.1 Å². The number of halogens is 4. The second-order valence-corrected chi connectivity index (χ2v) is 6.35. The van der Waals surface area contributed by atoms with E-state index in [1.165, 1.54) is 0 Å². The van der Waals surface area contributed by atoms with Crippen LogP contribution >= 0.6 is 12.4 Å². The first-order chi connectivity index (χ1) is 8.84. The van der Waals surface area contributed by atoms with Crippen LogP contribution in [0.1, 0.15) is 12.8 Å². The summed E-state index contributed by atoms with van der Waals surface area (Å²) in [6.07, 6.45) is 1.22. The average Bonchev–Trinajstić information content (AvgIpc) is 2.36. The lowest BCUT2D eigenvalue weighted by atomic mass is 10.1. The maximum atomic E-state index is 13.6. The fourth-order valence-electron chi connectivity index (χ4n) is 2.04. The number of rotatable bonds is 2. The third kappa shape index (κ3) is 3.08. The smallest absolute Gasteiger partial charge is 0.246 e. The van der Waals surface area contributed by atoms with Gasteiger partial charge in [-0.1, -0.05) is 0 Å². The third-order valence-electron chi connectivity index (χ3n) is 3.04. The lowest BCUT2D eigenvalue weighted by molar-refractivity contribution is 0.314. The quantitative estimate of drug-likeness (QED) is 0.838. The second kappa shape index (κ2) is 6.30. The molecule has 1 aliphatic rings. The Morgan fingerprint density at radius 2 is 1.85 bits per heavy atom. The zero-order valence-corrected chi connectivity index (χ0v) is 12.0. The average molecular weight is 331 g/mol. The van der Waals surface area contributed by atoms with E-state index in [0.717, 1.165) is 10.4 Å². The molecule has 1 saturated heterocycles. The molecule has 1 aliphatic heterocycles. The van der Waals surface area contributed by atoms with Crippen LogP contribution in [0.3, 0.4) is 0 Å². The van der Waals surface area contributed by atoms with Gasteiger partial charge in [-0.25, -0.2) is 21.6 Å². The molecule has 2 rings (SSSR count). The molecule has 2 N–H and O–H groups in total. The van der Waals surface area contributed by atoms with Gasteiger partial charge in [-0.15, -0.1) is 12.4 Å². The highest BCUT2D eigenvalue weighted by molar-refractivity contribution is 7.89. The topological polar surface area (TPSA) is 63.4 Å². The fourth-order valence-corrected chi connectivity index (χ4v) is 3.63. The monoisotopic (exact) mass is 330 g/mol. The van der Waals surface area contributed by atoms with Crippen LogP contribution in [0.2, 0.25) is 0 Å². The molecule has 0 radical (unpaired) electrons. The first-order valence-corrected chi connectivity index (χ1v) is 7.17. The van der Waals surface area contributed by atoms with Gasteiger partial charge in [0.25, 0.3) is 0 Å². The van der Waals surface area contributed by atoms with Gasteiger partial charge in [0.1, 0.15) is 4.90 Å². The lowest BCUT2D eigenvalue weighted by Crippen LogP contribution is -2.45. The van der Waals surface area contributed by atoms with E-state index in [-0.39, 0.29) is 31.5 Å². The van der Waals surface area contributed by atoms with Crippen LogP contribution in [0.15, 0.2) is 17.0 Å². The fraction of sp³-hybridized carbons (Fsp3) is 0.455. The van der Waals surface area contributed by atoms with Crippen LogP contribution in [0, 0.1) is 17.5 Å². The summed E-state index contributed by atoms with van der Waals surface area (Å²) in [5.74, 6) is -4.91. The molecule has 1 atom stereocenters. The first-order valence-electron chi connectivity index (χ1n) is 5.73. The van der Waals surface area contributed by atoms with Crippen LogP contribution in [0.5, 0.6) is 0 Å². The molecule has 0 aromatic heterocycles. The molecule has 0 bridgehead atoms. The minimum absolute atomic E-state index is 0. The van der Waals surface area contributed by atoms with Crippen LogP contribution in [0.25, 0.3) is 0 Å². The van der Waals surface area contributed by atoms with Gasteiger partial charge in [-0.3, -0.25) is 0 Å². The van der Waals surface area contributed by atoms with Crippen LogP contribution in [-0.2, 0) is 10.0 Å². The predicted octanol–water partition coefficient (Wildman–Crippen LogP) is 1.64. The number of hydrogen-bond donors (Lipinski definition) is 1. The van der Waals surface area contributed by atoms with E-state index in [9.17, 15) is 21.6 Å². The summed E-state index contributed by atoms with van der Waals surface area (Å²) in [5, 5.41) is 0. The van der Waals surface area contributed by atoms with Crippen molar-refractivity contribution in [1.82, 2.24) is 4.31 Å². The highest BCUT2D eigenvalue weighted by atomic mass is 35.5. The van der Waals surface area contributed by atoms with E-state index in [2.05, 4.69) is 0 Å². The van der Waals surface area contributed by atoms with E-state index in [4.69, 9.17) is 5.73 Å². The molecule has 4 nitrogen and oxygen atoms in total. The molecule has 1 unspecified atom stereocenters. The van der Waals surface area contributed by atoms with E-state index in [1.807, 2.05) is 0 Å². The highest BCUT2D eigenvalue weighted by Gasteiger charge is 2.32. The zero-order valence-electron chi connectivity index (χ0n) is 10.4. The van der Waals surface area contributed by atoms with Crippen molar-refractivity contribution >= 4 is 22.4 Å². The van der Waals surface area contributed by atoms with E-state index >= 15 is 0 Å². The van der Waals surface area contributed by atoms with Crippen molar-refractivity contribution < 1.29 is 21.6 Å². The Labute approximate surface area is 121 Å². The van der Waals surface area contributed by atoms with Gasteiger partial charge in [0.05, 0.1) is 0 Å². The molecule has 9 heteroatoms. The normalized spacial score (nSPS) is 20.5. The van der Waals surface area contributed by atoms with Gasteiger partial charge >= 0.3 is 0 Å². The van der Waals surface area contributed by atoms with Crippen molar-refractivity contribution in [2.45, 2.75) is 23.8 Å². The Bertz CT molecular complexity index is 598. The van der Waals surface area contributed by atoms with E-state index < -0.39 is 32.4 Å². The minimum atomic E-state index is -4.19. The SMILES string of the molecule is Cl.NC1CCCN(S(=O)(=O)c2ccc(F)c(F)c2F)C1. The molecular formula is C11H14ClF3N2O2S. The maximum absolute atomic E-state index is 13.6. The summed E-state index contributed by atoms with van der Waals surface area (Å²) in [7, 11) is -4.19. The number of piperidine rings is 1. The molecule has 0 amide bonds. The second-order valence-electron chi connectivity index (χ2n) is 4.44. The molecule has 1 heterocycles. The van der Waals surface area contributed by atoms with Gasteiger partial charge in [0.15, 0.2) is 17.5 Å². The molecule has 1 aromatic rings. The Morgan fingerprint density at radius 3 is 2.45 bits per heavy atom. The van der Waals surface area contributed by atoms with Crippen LogP contribution in [-0.4, -0.2) is 31.9 Å². The molecule has 0 spiro atoms. The zero-order chi connectivity index (χ0) is 14.2. The summed E-state index contributed by atoms with van der Waals surface area (Å²) in [6, 6.07) is 0.982. The van der Waals surface area contributed by atoms with Crippen molar-refractivity contribution in [3.8, 4) is 0 Å². The minimum Gasteiger partial charge on any atom is -0.327 e. The molecular weight excluding hydrogens is 317 g/mol. The predicted molar refractivity (Wildman–Crippen MR) is 69.5 cm³/mol. The molecule has 0 aliphatic carbocycles. The number of hydrogen-bond acceptors (Lipinski definition) is 3. The van der Waals surface area contributed by atoms with Crippen molar-refractivity contribution in [3.63, 3.8) is 0 Å². The standard InChI is InChI=1S/C11H13F3N2O2S.ClH/c12-8-3-4-9(11(14)10(8)13)19(17,18)16-5-1-2-7(15)6-16;/h3-4,7H,1-2,5-6,15H2;1H. The summed E-state index contributed by atoms with van der Waals surface area (Å²) < 4.78 is 64.8. The Hall–Kier alpha value is -0.830. The van der Waals surface area contributed by atoms with Gasteiger partial charge in [-0.05, 0) is 25.0 Å². The molecule has 0 saturated carbocycles. The number of nitrogens with zero attached hydrogens (tertiary/aromatic N) is 1. The Kier molecular flexibility index (Phi) is 5.42. The van der Waals surface area contributed by atoms with Crippen LogP contribution in [0.4, 0.5) is 13.2 Å². The van der Waals surface area contributed by atoms with Gasteiger partial charge < -0.3 is 5.73 Å². The maximum Gasteiger partial charge on any atom is 0.246 e. The number of nitrogens with two attached hydrogens (primary N) is 1. The molecule has 1 fully saturated rings. The largest absolute Gasteiger partial charge is 0.327 e. The molecule has 1 aromatic carbocycles.